The first-order valence-electron chi connectivity index (χ1n) is 6.98. The average molecular weight is 234 g/mol. The van der Waals surface area contributed by atoms with Crippen LogP contribution >= 0.6 is 0 Å². The van der Waals surface area contributed by atoms with Crippen LogP contribution in [0.1, 0.15) is 52.9 Å². The van der Waals surface area contributed by atoms with Crippen molar-refractivity contribution in [2.24, 2.45) is 5.92 Å². The Morgan fingerprint density at radius 1 is 1.12 bits per heavy atom. The Labute approximate surface area is 106 Å². The van der Waals surface area contributed by atoms with Crippen LogP contribution in [0.2, 0.25) is 0 Å². The molecule has 17 heavy (non-hydrogen) atoms. The Kier molecular flexibility index (Phi) is 6.76. The highest BCUT2D eigenvalue weighted by atomic mass is 16.5. The fourth-order valence-corrected chi connectivity index (χ4v) is 2.18. The standard InChI is InChI=1S/C13H18O.C3H8/c1-11-6-5-9-13(10-11)14-12-7-3-2-4-8-12;1-3-2/h2-4,7-8,11,13H,5-6,9-10H2,1H3;3H2,1-2H3/t11-,13+;/m1./s1. The van der Waals surface area contributed by atoms with Crippen LogP contribution in [0.25, 0.3) is 0 Å². The van der Waals surface area contributed by atoms with Crippen molar-refractivity contribution in [3.63, 3.8) is 0 Å². The minimum atomic E-state index is 0.446. The van der Waals surface area contributed by atoms with E-state index in [1.54, 1.807) is 0 Å². The van der Waals surface area contributed by atoms with Gasteiger partial charge in [0.1, 0.15) is 5.75 Å². The van der Waals surface area contributed by atoms with Gasteiger partial charge < -0.3 is 4.74 Å². The monoisotopic (exact) mass is 234 g/mol. The van der Waals surface area contributed by atoms with Crippen LogP contribution < -0.4 is 4.74 Å². The van der Waals surface area contributed by atoms with Gasteiger partial charge in [-0.2, -0.15) is 0 Å². The minimum absolute atomic E-state index is 0.446. The van der Waals surface area contributed by atoms with Crippen molar-refractivity contribution < 1.29 is 4.74 Å². The van der Waals surface area contributed by atoms with Crippen molar-refractivity contribution in [2.75, 3.05) is 0 Å². The van der Waals surface area contributed by atoms with E-state index in [-0.39, 0.29) is 0 Å². The zero-order valence-corrected chi connectivity index (χ0v) is 11.5. The van der Waals surface area contributed by atoms with Crippen LogP contribution in [0.3, 0.4) is 0 Å². The summed E-state index contributed by atoms with van der Waals surface area (Å²) in [5.74, 6) is 1.85. The molecule has 1 fully saturated rings. The summed E-state index contributed by atoms with van der Waals surface area (Å²) in [7, 11) is 0. The quantitative estimate of drug-likeness (QED) is 0.695. The summed E-state index contributed by atoms with van der Waals surface area (Å²) in [6.07, 6.45) is 6.82. The van der Waals surface area contributed by atoms with Crippen molar-refractivity contribution in [1.29, 1.82) is 0 Å². The highest BCUT2D eigenvalue weighted by Gasteiger charge is 2.19. The average Bonchev–Trinajstić information content (AvgIpc) is 2.31. The lowest BCUT2D eigenvalue weighted by atomic mass is 9.89. The molecule has 0 saturated heterocycles. The van der Waals surface area contributed by atoms with Gasteiger partial charge in [-0.3, -0.25) is 0 Å². The van der Waals surface area contributed by atoms with E-state index in [2.05, 4.69) is 20.8 Å². The molecule has 1 aromatic rings. The third kappa shape index (κ3) is 5.76. The molecule has 0 aliphatic heterocycles. The van der Waals surface area contributed by atoms with E-state index in [1.807, 2.05) is 30.3 Å². The van der Waals surface area contributed by atoms with E-state index in [9.17, 15) is 0 Å². The smallest absolute Gasteiger partial charge is 0.119 e. The van der Waals surface area contributed by atoms with Crippen molar-refractivity contribution >= 4 is 0 Å². The summed E-state index contributed by atoms with van der Waals surface area (Å²) in [5, 5.41) is 0. The first-order chi connectivity index (χ1) is 8.26. The van der Waals surface area contributed by atoms with Gasteiger partial charge in [-0.05, 0) is 37.3 Å². The molecule has 0 amide bonds. The third-order valence-electron chi connectivity index (χ3n) is 2.93. The zero-order chi connectivity index (χ0) is 12.5. The van der Waals surface area contributed by atoms with Crippen LogP contribution in [0.5, 0.6) is 5.75 Å². The highest BCUT2D eigenvalue weighted by molar-refractivity contribution is 5.21. The summed E-state index contributed by atoms with van der Waals surface area (Å²) in [4.78, 5) is 0. The van der Waals surface area contributed by atoms with Crippen LogP contribution in [-0.4, -0.2) is 6.10 Å². The second kappa shape index (κ2) is 8.16. The molecule has 1 heteroatoms. The summed E-state index contributed by atoms with van der Waals surface area (Å²) in [6, 6.07) is 10.2. The number of rotatable bonds is 2. The zero-order valence-electron chi connectivity index (χ0n) is 11.5. The summed E-state index contributed by atoms with van der Waals surface area (Å²) in [5.41, 5.74) is 0. The van der Waals surface area contributed by atoms with Gasteiger partial charge in [-0.25, -0.2) is 0 Å². The van der Waals surface area contributed by atoms with Crippen molar-refractivity contribution in [1.82, 2.24) is 0 Å². The molecule has 0 unspecified atom stereocenters. The topological polar surface area (TPSA) is 9.23 Å². The SMILES string of the molecule is CCC.C[C@@H]1CCC[C@H](Oc2ccccc2)C1. The molecular weight excluding hydrogens is 208 g/mol. The van der Waals surface area contributed by atoms with E-state index in [4.69, 9.17) is 4.74 Å². The van der Waals surface area contributed by atoms with Gasteiger partial charge in [0.05, 0.1) is 6.10 Å². The summed E-state index contributed by atoms with van der Waals surface area (Å²) >= 11 is 0. The molecule has 1 aromatic carbocycles. The van der Waals surface area contributed by atoms with Crippen molar-refractivity contribution in [3.8, 4) is 5.75 Å². The van der Waals surface area contributed by atoms with Crippen LogP contribution in [0.4, 0.5) is 0 Å². The molecule has 2 atom stereocenters. The fourth-order valence-electron chi connectivity index (χ4n) is 2.18. The Morgan fingerprint density at radius 2 is 1.76 bits per heavy atom. The number of ether oxygens (including phenoxy) is 1. The van der Waals surface area contributed by atoms with Crippen molar-refractivity contribution in [2.45, 2.75) is 59.0 Å². The molecule has 1 aliphatic carbocycles. The number of para-hydroxylation sites is 1. The molecule has 96 valence electrons. The van der Waals surface area contributed by atoms with Gasteiger partial charge in [0.25, 0.3) is 0 Å². The van der Waals surface area contributed by atoms with Crippen molar-refractivity contribution in [3.05, 3.63) is 30.3 Å². The molecule has 0 bridgehead atoms. The van der Waals surface area contributed by atoms with Gasteiger partial charge >= 0.3 is 0 Å². The van der Waals surface area contributed by atoms with Gasteiger partial charge in [0, 0.05) is 0 Å². The summed E-state index contributed by atoms with van der Waals surface area (Å²) < 4.78 is 5.93. The van der Waals surface area contributed by atoms with Gasteiger partial charge in [0.15, 0.2) is 0 Å². The molecule has 2 rings (SSSR count). The number of benzene rings is 1. The Balaban J connectivity index is 0.000000437. The summed E-state index contributed by atoms with van der Waals surface area (Å²) in [6.45, 7) is 6.57. The second-order valence-corrected chi connectivity index (χ2v) is 5.03. The molecular formula is C16H26O. The maximum Gasteiger partial charge on any atom is 0.119 e. The van der Waals surface area contributed by atoms with Crippen LogP contribution in [0, 0.1) is 5.92 Å². The molecule has 0 heterocycles. The van der Waals surface area contributed by atoms with E-state index >= 15 is 0 Å². The van der Waals surface area contributed by atoms with Crippen LogP contribution in [0.15, 0.2) is 30.3 Å². The normalized spacial score (nSPS) is 23.5. The van der Waals surface area contributed by atoms with E-state index in [0.717, 1.165) is 11.7 Å². The van der Waals surface area contributed by atoms with Gasteiger partial charge in [-0.15, -0.1) is 0 Å². The molecule has 0 N–H and O–H groups in total. The molecule has 1 nitrogen and oxygen atoms in total. The lowest BCUT2D eigenvalue weighted by Crippen LogP contribution is -2.23. The largest absolute Gasteiger partial charge is 0.490 e. The molecule has 0 spiro atoms. The Morgan fingerprint density at radius 3 is 2.35 bits per heavy atom. The predicted molar refractivity (Wildman–Crippen MR) is 74.5 cm³/mol. The lowest BCUT2D eigenvalue weighted by molar-refractivity contribution is 0.129. The molecule has 0 aromatic heterocycles. The predicted octanol–water partition coefficient (Wildman–Crippen LogP) is 5.06. The first kappa shape index (κ1) is 14.1. The molecule has 1 saturated carbocycles. The first-order valence-corrected chi connectivity index (χ1v) is 6.98. The van der Waals surface area contributed by atoms with Crippen LogP contribution in [-0.2, 0) is 0 Å². The Bertz CT molecular complexity index is 281. The number of hydrogen-bond acceptors (Lipinski definition) is 1. The second-order valence-electron chi connectivity index (χ2n) is 5.03. The Hall–Kier alpha value is -0.980. The minimum Gasteiger partial charge on any atom is -0.490 e. The van der Waals surface area contributed by atoms with Gasteiger partial charge in [-0.1, -0.05) is 51.8 Å². The van der Waals surface area contributed by atoms with E-state index < -0.39 is 0 Å². The maximum absolute atomic E-state index is 5.93. The fraction of sp³-hybridized carbons (Fsp3) is 0.625. The van der Waals surface area contributed by atoms with E-state index in [0.29, 0.717) is 6.10 Å². The molecule has 0 radical (unpaired) electrons. The van der Waals surface area contributed by atoms with Gasteiger partial charge in [0.2, 0.25) is 0 Å². The van der Waals surface area contributed by atoms with E-state index in [1.165, 1.54) is 32.1 Å². The molecule has 1 aliphatic rings. The third-order valence-corrected chi connectivity index (χ3v) is 2.93. The number of hydrogen-bond donors (Lipinski definition) is 0. The maximum atomic E-state index is 5.93. The lowest BCUT2D eigenvalue weighted by Gasteiger charge is -2.27. The highest BCUT2D eigenvalue weighted by Crippen LogP contribution is 2.27.